The summed E-state index contributed by atoms with van der Waals surface area (Å²) in [4.78, 5) is 15.8. The number of halogens is 1. The highest BCUT2D eigenvalue weighted by Crippen LogP contribution is 2.27. The van der Waals surface area contributed by atoms with Crippen molar-refractivity contribution in [1.82, 2.24) is 4.98 Å². The van der Waals surface area contributed by atoms with Crippen molar-refractivity contribution < 1.29 is 4.92 Å². The molecule has 0 unspecified atom stereocenters. The van der Waals surface area contributed by atoms with Crippen LogP contribution in [0.15, 0.2) is 23.7 Å². The molecule has 0 saturated heterocycles. The fourth-order valence-corrected chi connectivity index (χ4v) is 2.67. The van der Waals surface area contributed by atoms with Crippen molar-refractivity contribution >= 4 is 45.3 Å². The molecular weight excluding hydrogens is 365 g/mol. The van der Waals surface area contributed by atoms with Crippen molar-refractivity contribution in [2.45, 2.75) is 13.5 Å². The average Bonchev–Trinajstić information content (AvgIpc) is 2.73. The van der Waals surface area contributed by atoms with Crippen LogP contribution in [0.1, 0.15) is 10.6 Å². The summed E-state index contributed by atoms with van der Waals surface area (Å²) in [6.07, 6.45) is 0. The van der Waals surface area contributed by atoms with Crippen molar-refractivity contribution in [3.05, 3.63) is 48.0 Å². The first-order valence-electron chi connectivity index (χ1n) is 5.14. The summed E-state index contributed by atoms with van der Waals surface area (Å²) in [6, 6.07) is 5.13. The van der Waals surface area contributed by atoms with E-state index in [1.165, 1.54) is 0 Å². The fraction of sp³-hybridized carbons (Fsp3) is 0.182. The number of thiazole rings is 1. The molecule has 0 aliphatic carbocycles. The molecule has 0 spiro atoms. The van der Waals surface area contributed by atoms with E-state index >= 15 is 0 Å². The number of aryl methyl sites for hydroxylation is 1. The zero-order valence-electron chi connectivity index (χ0n) is 9.51. The summed E-state index contributed by atoms with van der Waals surface area (Å²) in [7, 11) is 0. The van der Waals surface area contributed by atoms with E-state index in [1.54, 1.807) is 29.0 Å². The van der Waals surface area contributed by atoms with Gasteiger partial charge in [-0.25, -0.2) is 4.98 Å². The van der Waals surface area contributed by atoms with E-state index in [0.29, 0.717) is 12.2 Å². The fourth-order valence-electron chi connectivity index (χ4n) is 1.48. The van der Waals surface area contributed by atoms with Gasteiger partial charge in [-0.15, -0.1) is 11.3 Å². The summed E-state index contributed by atoms with van der Waals surface area (Å²) in [5, 5.41) is 14.0. The number of hydrogen-bond donors (Lipinski definition) is 1. The van der Waals surface area contributed by atoms with Crippen molar-refractivity contribution in [3.8, 4) is 0 Å². The van der Waals surface area contributed by atoms with Crippen LogP contribution in [-0.4, -0.2) is 9.91 Å². The van der Waals surface area contributed by atoms with Crippen molar-refractivity contribution in [3.63, 3.8) is 0 Å². The van der Waals surface area contributed by atoms with Gasteiger partial charge in [-0.05, 0) is 41.6 Å². The second-order valence-electron chi connectivity index (χ2n) is 3.63. The Morgan fingerprint density at radius 2 is 2.33 bits per heavy atom. The van der Waals surface area contributed by atoms with E-state index in [9.17, 15) is 10.1 Å². The van der Waals surface area contributed by atoms with Gasteiger partial charge in [0.25, 0.3) is 5.69 Å². The Bertz CT molecular complexity index is 585. The second-order valence-corrected chi connectivity index (χ2v) is 5.82. The minimum Gasteiger partial charge on any atom is -0.375 e. The zero-order chi connectivity index (χ0) is 13.1. The van der Waals surface area contributed by atoms with Crippen LogP contribution < -0.4 is 5.32 Å². The van der Waals surface area contributed by atoms with E-state index in [1.807, 2.05) is 13.0 Å². The molecule has 1 aromatic carbocycles. The lowest BCUT2D eigenvalue weighted by atomic mass is 10.2. The lowest BCUT2D eigenvalue weighted by Gasteiger charge is -2.06. The molecular formula is C11H10IN3O2S. The monoisotopic (exact) mass is 375 g/mol. The van der Waals surface area contributed by atoms with Crippen LogP contribution in [0.5, 0.6) is 0 Å². The van der Waals surface area contributed by atoms with Crippen LogP contribution in [0.4, 0.5) is 11.4 Å². The van der Waals surface area contributed by atoms with Gasteiger partial charge in [-0.3, -0.25) is 10.1 Å². The summed E-state index contributed by atoms with van der Waals surface area (Å²) >= 11 is 3.60. The normalized spacial score (nSPS) is 10.3. The SMILES string of the molecule is Cc1ncsc1CNc1ccc(I)cc1[N+](=O)[O-]. The third kappa shape index (κ3) is 2.96. The molecule has 0 radical (unpaired) electrons. The van der Waals surface area contributed by atoms with Gasteiger partial charge in [0.15, 0.2) is 0 Å². The minimum absolute atomic E-state index is 0.101. The molecule has 1 heterocycles. The van der Waals surface area contributed by atoms with Gasteiger partial charge < -0.3 is 5.32 Å². The highest BCUT2D eigenvalue weighted by molar-refractivity contribution is 14.1. The third-order valence-electron chi connectivity index (χ3n) is 2.44. The van der Waals surface area contributed by atoms with Crippen LogP contribution in [0.25, 0.3) is 0 Å². The predicted octanol–water partition coefficient (Wildman–Crippen LogP) is 3.58. The van der Waals surface area contributed by atoms with Crippen molar-refractivity contribution in [2.75, 3.05) is 5.32 Å². The van der Waals surface area contributed by atoms with Crippen LogP contribution in [0.2, 0.25) is 0 Å². The first kappa shape index (κ1) is 13.2. The first-order valence-corrected chi connectivity index (χ1v) is 7.10. The number of nitro benzene ring substituents is 1. The van der Waals surface area contributed by atoms with E-state index in [2.05, 4.69) is 32.9 Å². The lowest BCUT2D eigenvalue weighted by Crippen LogP contribution is -2.02. The van der Waals surface area contributed by atoms with Gasteiger partial charge in [0.05, 0.1) is 22.7 Å². The Hall–Kier alpha value is -1.22. The molecule has 0 aliphatic rings. The number of rotatable bonds is 4. The molecule has 0 atom stereocenters. The quantitative estimate of drug-likeness (QED) is 0.504. The molecule has 7 heteroatoms. The van der Waals surface area contributed by atoms with Gasteiger partial charge >= 0.3 is 0 Å². The topological polar surface area (TPSA) is 68.1 Å². The number of anilines is 1. The summed E-state index contributed by atoms with van der Waals surface area (Å²) in [6.45, 7) is 2.48. The molecule has 0 bridgehead atoms. The van der Waals surface area contributed by atoms with Crippen LogP contribution in [0, 0.1) is 20.6 Å². The molecule has 0 amide bonds. The number of aromatic nitrogens is 1. The molecule has 18 heavy (non-hydrogen) atoms. The molecule has 2 aromatic rings. The van der Waals surface area contributed by atoms with E-state index in [0.717, 1.165) is 14.1 Å². The largest absolute Gasteiger partial charge is 0.375 e. The van der Waals surface area contributed by atoms with Gasteiger partial charge in [0.2, 0.25) is 0 Å². The van der Waals surface area contributed by atoms with Gasteiger partial charge in [-0.2, -0.15) is 0 Å². The standard InChI is InChI=1S/C11H10IN3O2S/c1-7-11(18-6-14-7)5-13-9-3-2-8(12)4-10(9)15(16)17/h2-4,6,13H,5H2,1H3. The maximum Gasteiger partial charge on any atom is 0.293 e. The number of hydrogen-bond acceptors (Lipinski definition) is 5. The highest BCUT2D eigenvalue weighted by atomic mass is 127. The Morgan fingerprint density at radius 3 is 2.94 bits per heavy atom. The number of nitrogens with one attached hydrogen (secondary N) is 1. The molecule has 0 aliphatic heterocycles. The summed E-state index contributed by atoms with van der Waals surface area (Å²) < 4.78 is 0.846. The predicted molar refractivity (Wildman–Crippen MR) is 80.0 cm³/mol. The Morgan fingerprint density at radius 1 is 1.56 bits per heavy atom. The summed E-state index contributed by atoms with van der Waals surface area (Å²) in [5.74, 6) is 0. The molecule has 1 aromatic heterocycles. The van der Waals surface area contributed by atoms with Gasteiger partial charge in [-0.1, -0.05) is 0 Å². The molecule has 2 rings (SSSR count). The second kappa shape index (κ2) is 5.61. The molecule has 5 nitrogen and oxygen atoms in total. The van der Waals surface area contributed by atoms with Crippen LogP contribution >= 0.6 is 33.9 Å². The smallest absolute Gasteiger partial charge is 0.293 e. The van der Waals surface area contributed by atoms with Crippen LogP contribution in [0.3, 0.4) is 0 Å². The van der Waals surface area contributed by atoms with E-state index in [-0.39, 0.29) is 10.6 Å². The average molecular weight is 375 g/mol. The Balaban J connectivity index is 2.19. The first-order chi connectivity index (χ1) is 8.58. The van der Waals surface area contributed by atoms with E-state index < -0.39 is 0 Å². The number of benzene rings is 1. The van der Waals surface area contributed by atoms with Crippen molar-refractivity contribution in [2.24, 2.45) is 0 Å². The Kier molecular flexibility index (Phi) is 4.12. The Labute approximate surface area is 122 Å². The van der Waals surface area contributed by atoms with Crippen LogP contribution in [-0.2, 0) is 6.54 Å². The maximum absolute atomic E-state index is 11.0. The minimum atomic E-state index is -0.371. The zero-order valence-corrected chi connectivity index (χ0v) is 12.5. The van der Waals surface area contributed by atoms with Gasteiger partial charge in [0.1, 0.15) is 5.69 Å². The number of nitro groups is 1. The lowest BCUT2D eigenvalue weighted by molar-refractivity contribution is -0.384. The molecule has 0 saturated carbocycles. The van der Waals surface area contributed by atoms with E-state index in [4.69, 9.17) is 0 Å². The van der Waals surface area contributed by atoms with Gasteiger partial charge in [0, 0.05) is 14.5 Å². The maximum atomic E-state index is 11.0. The summed E-state index contributed by atoms with van der Waals surface area (Å²) in [5.41, 5.74) is 3.37. The molecule has 1 N–H and O–H groups in total. The van der Waals surface area contributed by atoms with Crippen molar-refractivity contribution in [1.29, 1.82) is 0 Å². The number of nitrogens with zero attached hydrogens (tertiary/aromatic N) is 2. The highest BCUT2D eigenvalue weighted by Gasteiger charge is 2.14. The molecule has 94 valence electrons. The molecule has 0 fully saturated rings. The third-order valence-corrected chi connectivity index (χ3v) is 4.05.